The van der Waals surface area contributed by atoms with Crippen LogP contribution in [0.2, 0.25) is 0 Å². The van der Waals surface area contributed by atoms with E-state index in [1.165, 1.54) is 12.1 Å². The van der Waals surface area contributed by atoms with Gasteiger partial charge in [0.25, 0.3) is 0 Å². The molecule has 1 unspecified atom stereocenters. The highest BCUT2D eigenvalue weighted by molar-refractivity contribution is 5.27. The van der Waals surface area contributed by atoms with Gasteiger partial charge in [-0.1, -0.05) is 17.3 Å². The monoisotopic (exact) mass is 375 g/mol. The van der Waals surface area contributed by atoms with Gasteiger partial charge in [-0.25, -0.2) is 9.07 Å². The van der Waals surface area contributed by atoms with Crippen LogP contribution in [0.4, 0.5) is 4.39 Å². The second-order valence-corrected chi connectivity index (χ2v) is 7.59. The van der Waals surface area contributed by atoms with Gasteiger partial charge in [0.1, 0.15) is 11.5 Å². The minimum atomic E-state index is -1.31. The van der Waals surface area contributed by atoms with Gasteiger partial charge in [-0.15, -0.1) is 5.10 Å². The standard InChI is InChI=1S/C19H22FN3O4/c20-14-3-1-13(2-4-14)18(7-9-25-10-8-18)23-11-16(21-22-23)19(24)6-5-15-12-26-17(19)27-15/h1-4,11,15,17,24H,5-10,12H2/t15-,17+,19?/m0/s1. The van der Waals surface area contributed by atoms with E-state index in [-0.39, 0.29) is 11.9 Å². The van der Waals surface area contributed by atoms with E-state index in [9.17, 15) is 9.50 Å². The maximum absolute atomic E-state index is 13.4. The number of rotatable bonds is 3. The summed E-state index contributed by atoms with van der Waals surface area (Å²) >= 11 is 0. The Hall–Kier alpha value is -1.87. The highest BCUT2D eigenvalue weighted by atomic mass is 19.1. The lowest BCUT2D eigenvalue weighted by molar-refractivity contribution is -0.219. The van der Waals surface area contributed by atoms with Gasteiger partial charge >= 0.3 is 0 Å². The molecule has 4 heterocycles. The molecular formula is C19H22FN3O4. The number of halogens is 1. The molecule has 0 radical (unpaired) electrons. The van der Waals surface area contributed by atoms with Crippen LogP contribution in [0.1, 0.15) is 36.9 Å². The van der Waals surface area contributed by atoms with E-state index in [4.69, 9.17) is 14.2 Å². The Morgan fingerprint density at radius 3 is 2.70 bits per heavy atom. The Kier molecular flexibility index (Phi) is 4.05. The van der Waals surface area contributed by atoms with Crippen molar-refractivity contribution in [3.8, 4) is 0 Å². The van der Waals surface area contributed by atoms with Crippen LogP contribution >= 0.6 is 0 Å². The second-order valence-electron chi connectivity index (χ2n) is 7.59. The Morgan fingerprint density at radius 2 is 1.93 bits per heavy atom. The van der Waals surface area contributed by atoms with Gasteiger partial charge in [0.15, 0.2) is 11.9 Å². The topological polar surface area (TPSA) is 78.6 Å². The van der Waals surface area contributed by atoms with Crippen LogP contribution in [-0.2, 0) is 25.4 Å². The molecule has 1 N–H and O–H groups in total. The van der Waals surface area contributed by atoms with Crippen molar-refractivity contribution < 1.29 is 23.7 Å². The van der Waals surface area contributed by atoms with Crippen LogP contribution in [0.25, 0.3) is 0 Å². The van der Waals surface area contributed by atoms with Gasteiger partial charge < -0.3 is 19.3 Å². The van der Waals surface area contributed by atoms with Gasteiger partial charge in [0.2, 0.25) is 0 Å². The number of fused-ring (bicyclic) bond motifs is 2. The summed E-state index contributed by atoms with van der Waals surface area (Å²) in [7, 11) is 0. The zero-order chi connectivity index (χ0) is 18.5. The first kappa shape index (κ1) is 17.2. The second kappa shape index (κ2) is 6.34. The molecule has 8 heteroatoms. The smallest absolute Gasteiger partial charge is 0.192 e. The molecule has 3 saturated heterocycles. The van der Waals surface area contributed by atoms with Crippen molar-refractivity contribution in [2.75, 3.05) is 19.8 Å². The molecule has 144 valence electrons. The predicted octanol–water partition coefficient (Wildman–Crippen LogP) is 1.69. The van der Waals surface area contributed by atoms with Crippen LogP contribution in [0.5, 0.6) is 0 Å². The highest BCUT2D eigenvalue weighted by Crippen LogP contribution is 2.42. The summed E-state index contributed by atoms with van der Waals surface area (Å²) in [5.41, 5.74) is -0.392. The average molecular weight is 375 g/mol. The zero-order valence-electron chi connectivity index (χ0n) is 14.9. The normalized spacial score (nSPS) is 32.5. The number of nitrogens with zero attached hydrogens (tertiary/aromatic N) is 3. The molecule has 3 fully saturated rings. The first-order valence-corrected chi connectivity index (χ1v) is 9.37. The Labute approximate surface area is 156 Å². The highest BCUT2D eigenvalue weighted by Gasteiger charge is 2.51. The molecule has 2 aromatic rings. The first-order valence-electron chi connectivity index (χ1n) is 9.37. The summed E-state index contributed by atoms with van der Waals surface area (Å²) in [5.74, 6) is -0.276. The van der Waals surface area contributed by atoms with Gasteiger partial charge in [-0.05, 0) is 30.5 Å². The molecule has 0 amide bonds. The van der Waals surface area contributed by atoms with Gasteiger partial charge in [-0.3, -0.25) is 0 Å². The lowest BCUT2D eigenvalue weighted by atomic mass is 9.82. The minimum Gasteiger partial charge on any atom is -0.381 e. The minimum absolute atomic E-state index is 0.0476. The molecule has 0 spiro atoms. The molecular weight excluding hydrogens is 353 g/mol. The Balaban J connectivity index is 1.53. The Morgan fingerprint density at radius 1 is 1.15 bits per heavy atom. The van der Waals surface area contributed by atoms with Crippen molar-refractivity contribution in [2.24, 2.45) is 0 Å². The summed E-state index contributed by atoms with van der Waals surface area (Å²) in [4.78, 5) is 0. The van der Waals surface area contributed by atoms with Crippen molar-refractivity contribution >= 4 is 0 Å². The number of ether oxygens (including phenoxy) is 3. The lowest BCUT2D eigenvalue weighted by Gasteiger charge is -2.38. The van der Waals surface area contributed by atoms with E-state index in [0.717, 1.165) is 12.0 Å². The Bertz CT molecular complexity index is 821. The molecule has 5 rings (SSSR count). The fraction of sp³-hybridized carbons (Fsp3) is 0.579. The summed E-state index contributed by atoms with van der Waals surface area (Å²) in [6.45, 7) is 1.65. The van der Waals surface area contributed by atoms with Crippen molar-refractivity contribution in [2.45, 2.75) is 49.2 Å². The largest absolute Gasteiger partial charge is 0.381 e. The molecule has 7 nitrogen and oxygen atoms in total. The van der Waals surface area contributed by atoms with E-state index >= 15 is 0 Å². The molecule has 0 saturated carbocycles. The van der Waals surface area contributed by atoms with Gasteiger partial charge in [0.05, 0.1) is 24.4 Å². The lowest BCUT2D eigenvalue weighted by Crippen LogP contribution is -2.44. The maximum atomic E-state index is 13.4. The molecule has 27 heavy (non-hydrogen) atoms. The molecule has 1 aromatic heterocycles. The van der Waals surface area contributed by atoms with Gasteiger partial charge in [0, 0.05) is 26.1 Å². The molecule has 3 aliphatic heterocycles. The van der Waals surface area contributed by atoms with E-state index in [2.05, 4.69) is 10.3 Å². The van der Waals surface area contributed by atoms with Crippen molar-refractivity contribution in [3.05, 3.63) is 47.5 Å². The SMILES string of the molecule is OC1(c2cn(C3(c4ccc(F)cc4)CCOCC3)nn2)CC[C@H]2CO[C@@H]1O2. The summed E-state index contributed by atoms with van der Waals surface area (Å²) in [6, 6.07) is 6.48. The third-order valence-electron chi connectivity index (χ3n) is 6.06. The molecule has 2 bridgehead atoms. The fourth-order valence-corrected chi connectivity index (χ4v) is 4.39. The summed E-state index contributed by atoms with van der Waals surface area (Å²) in [6.07, 6.45) is 3.74. The summed E-state index contributed by atoms with van der Waals surface area (Å²) < 4.78 is 32.1. The van der Waals surface area contributed by atoms with Crippen molar-refractivity contribution in [1.29, 1.82) is 0 Å². The molecule has 3 aliphatic rings. The molecule has 0 aliphatic carbocycles. The van der Waals surface area contributed by atoms with Gasteiger partial charge in [-0.2, -0.15) is 0 Å². The van der Waals surface area contributed by atoms with E-state index < -0.39 is 17.4 Å². The van der Waals surface area contributed by atoms with Crippen LogP contribution in [0, 0.1) is 5.82 Å². The van der Waals surface area contributed by atoms with Crippen LogP contribution in [-0.4, -0.2) is 52.3 Å². The zero-order valence-corrected chi connectivity index (χ0v) is 14.9. The van der Waals surface area contributed by atoms with Crippen LogP contribution in [0.3, 0.4) is 0 Å². The van der Waals surface area contributed by atoms with E-state index in [1.807, 2.05) is 0 Å². The quantitative estimate of drug-likeness (QED) is 0.880. The van der Waals surface area contributed by atoms with E-state index in [0.29, 0.717) is 44.8 Å². The number of hydrogen-bond donors (Lipinski definition) is 1. The van der Waals surface area contributed by atoms with Crippen molar-refractivity contribution in [3.63, 3.8) is 0 Å². The maximum Gasteiger partial charge on any atom is 0.192 e. The predicted molar refractivity (Wildman–Crippen MR) is 91.3 cm³/mol. The van der Waals surface area contributed by atoms with Crippen molar-refractivity contribution in [1.82, 2.24) is 15.0 Å². The number of hydrogen-bond acceptors (Lipinski definition) is 6. The van der Waals surface area contributed by atoms with Crippen LogP contribution < -0.4 is 0 Å². The number of benzene rings is 1. The average Bonchev–Trinajstić information content (AvgIpc) is 3.35. The fourth-order valence-electron chi connectivity index (χ4n) is 4.39. The first-order chi connectivity index (χ1) is 13.1. The number of aromatic nitrogens is 3. The third kappa shape index (κ3) is 2.70. The number of aliphatic hydroxyl groups is 1. The molecule has 1 aromatic carbocycles. The summed E-state index contributed by atoms with van der Waals surface area (Å²) in [5, 5.41) is 19.8. The van der Waals surface area contributed by atoms with E-state index in [1.54, 1.807) is 23.0 Å². The third-order valence-corrected chi connectivity index (χ3v) is 6.06. The molecule has 3 atom stereocenters. The van der Waals surface area contributed by atoms with Crippen LogP contribution in [0.15, 0.2) is 30.5 Å².